The summed E-state index contributed by atoms with van der Waals surface area (Å²) < 4.78 is 11.7. The molecule has 0 unspecified atom stereocenters. The number of methoxy groups -OCH3 is 1. The van der Waals surface area contributed by atoms with Crippen molar-refractivity contribution in [1.82, 2.24) is 15.0 Å². The maximum Gasteiger partial charge on any atom is 0.262 e. The molecule has 0 aliphatic heterocycles. The van der Waals surface area contributed by atoms with Crippen LogP contribution in [0.3, 0.4) is 0 Å². The van der Waals surface area contributed by atoms with Crippen molar-refractivity contribution in [2.45, 2.75) is 13.8 Å². The Balaban J connectivity index is 1.45. The van der Waals surface area contributed by atoms with Crippen LogP contribution in [0.5, 0.6) is 11.5 Å². The van der Waals surface area contributed by atoms with Crippen molar-refractivity contribution in [3.63, 3.8) is 0 Å². The van der Waals surface area contributed by atoms with Crippen LogP contribution in [0.2, 0.25) is 0 Å². The average molecular weight is 481 g/mol. The molecule has 1 heterocycles. The highest BCUT2D eigenvalue weighted by atomic mass is 79.9. The standard InChI is InChI=1S/C23H21BrN4O3/c1-14-10-15(2)23(19(24)11-14)31-13-22(29)25-16-4-9-20-21(12-16)27-28(26-20)17-5-7-18(30-3)8-6-17/h4-12H,13H2,1-3H3,(H,25,29). The number of halogens is 1. The molecule has 0 saturated carbocycles. The van der Waals surface area contributed by atoms with Crippen LogP contribution in [0.1, 0.15) is 11.1 Å². The monoisotopic (exact) mass is 480 g/mol. The Morgan fingerprint density at radius 3 is 2.48 bits per heavy atom. The molecule has 31 heavy (non-hydrogen) atoms. The fourth-order valence-electron chi connectivity index (χ4n) is 3.24. The van der Waals surface area contributed by atoms with E-state index >= 15 is 0 Å². The fraction of sp³-hybridized carbons (Fsp3) is 0.174. The molecule has 0 aliphatic rings. The van der Waals surface area contributed by atoms with E-state index in [9.17, 15) is 4.79 Å². The van der Waals surface area contributed by atoms with Crippen molar-refractivity contribution >= 4 is 38.6 Å². The highest BCUT2D eigenvalue weighted by Gasteiger charge is 2.11. The number of benzene rings is 3. The van der Waals surface area contributed by atoms with Gasteiger partial charge in [-0.1, -0.05) is 6.07 Å². The SMILES string of the molecule is COc1ccc(-n2nc3ccc(NC(=O)COc4c(C)cc(C)cc4Br)cc3n2)cc1. The lowest BCUT2D eigenvalue weighted by molar-refractivity contribution is -0.118. The van der Waals surface area contributed by atoms with Gasteiger partial charge in [-0.3, -0.25) is 4.79 Å². The first-order valence-corrected chi connectivity index (χ1v) is 10.4. The lowest BCUT2D eigenvalue weighted by atomic mass is 10.1. The maximum absolute atomic E-state index is 12.4. The molecule has 0 saturated heterocycles. The Hall–Kier alpha value is -3.39. The number of carbonyl (C=O) groups excluding carboxylic acids is 1. The van der Waals surface area contributed by atoms with Gasteiger partial charge in [-0.05, 0) is 89.4 Å². The maximum atomic E-state index is 12.4. The van der Waals surface area contributed by atoms with Gasteiger partial charge in [0.15, 0.2) is 6.61 Å². The summed E-state index contributed by atoms with van der Waals surface area (Å²) in [5.41, 5.74) is 4.93. The number of hydrogen-bond acceptors (Lipinski definition) is 5. The van der Waals surface area contributed by atoms with Gasteiger partial charge in [-0.15, -0.1) is 10.2 Å². The van der Waals surface area contributed by atoms with Gasteiger partial charge >= 0.3 is 0 Å². The molecule has 0 atom stereocenters. The molecule has 0 fully saturated rings. The molecular weight excluding hydrogens is 460 g/mol. The van der Waals surface area contributed by atoms with Gasteiger partial charge in [0.1, 0.15) is 22.5 Å². The Morgan fingerprint density at radius 1 is 1.03 bits per heavy atom. The Morgan fingerprint density at radius 2 is 1.77 bits per heavy atom. The van der Waals surface area contributed by atoms with E-state index in [4.69, 9.17) is 9.47 Å². The molecular formula is C23H21BrN4O3. The molecule has 1 amide bonds. The first-order chi connectivity index (χ1) is 14.9. The second-order valence-corrected chi connectivity index (χ2v) is 7.97. The van der Waals surface area contributed by atoms with E-state index in [1.54, 1.807) is 24.0 Å². The molecule has 4 aromatic rings. The van der Waals surface area contributed by atoms with E-state index in [2.05, 4.69) is 31.4 Å². The van der Waals surface area contributed by atoms with Crippen LogP contribution in [-0.2, 0) is 4.79 Å². The van der Waals surface area contributed by atoms with E-state index < -0.39 is 0 Å². The number of nitrogens with zero attached hydrogens (tertiary/aromatic N) is 3. The second kappa shape index (κ2) is 8.77. The molecule has 3 aromatic carbocycles. The highest BCUT2D eigenvalue weighted by molar-refractivity contribution is 9.10. The first kappa shape index (κ1) is 20.9. The number of fused-ring (bicyclic) bond motifs is 1. The zero-order chi connectivity index (χ0) is 22.0. The Labute approximate surface area is 188 Å². The summed E-state index contributed by atoms with van der Waals surface area (Å²) in [5.74, 6) is 1.17. The van der Waals surface area contributed by atoms with E-state index in [0.29, 0.717) is 17.0 Å². The van der Waals surface area contributed by atoms with E-state index in [1.807, 2.05) is 56.3 Å². The number of ether oxygens (including phenoxy) is 2. The van der Waals surface area contributed by atoms with Crippen molar-refractivity contribution in [2.75, 3.05) is 19.0 Å². The third-order valence-corrected chi connectivity index (χ3v) is 5.28. The van der Waals surface area contributed by atoms with Gasteiger partial charge in [-0.25, -0.2) is 0 Å². The predicted octanol–water partition coefficient (Wildman–Crippen LogP) is 4.83. The molecule has 7 nitrogen and oxygen atoms in total. The minimum Gasteiger partial charge on any atom is -0.497 e. The van der Waals surface area contributed by atoms with Crippen molar-refractivity contribution < 1.29 is 14.3 Å². The van der Waals surface area contributed by atoms with Crippen LogP contribution >= 0.6 is 15.9 Å². The summed E-state index contributed by atoms with van der Waals surface area (Å²) in [4.78, 5) is 13.9. The molecule has 1 N–H and O–H groups in total. The van der Waals surface area contributed by atoms with Gasteiger partial charge in [-0.2, -0.15) is 4.80 Å². The largest absolute Gasteiger partial charge is 0.497 e. The Kier molecular flexibility index (Phi) is 5.90. The number of nitrogens with one attached hydrogen (secondary N) is 1. The third-order valence-electron chi connectivity index (χ3n) is 4.69. The zero-order valence-corrected chi connectivity index (χ0v) is 18.9. The summed E-state index contributed by atoms with van der Waals surface area (Å²) in [6, 6.07) is 16.8. The van der Waals surface area contributed by atoms with Gasteiger partial charge in [0.2, 0.25) is 0 Å². The molecule has 0 spiro atoms. The van der Waals surface area contributed by atoms with Crippen molar-refractivity contribution in [3.8, 4) is 17.2 Å². The number of amides is 1. The summed E-state index contributed by atoms with van der Waals surface area (Å²) in [7, 11) is 1.62. The van der Waals surface area contributed by atoms with Gasteiger partial charge in [0.25, 0.3) is 5.91 Å². The molecule has 0 radical (unpaired) electrons. The number of hydrogen-bond donors (Lipinski definition) is 1. The van der Waals surface area contributed by atoms with Crippen LogP contribution in [0.4, 0.5) is 5.69 Å². The van der Waals surface area contributed by atoms with Crippen LogP contribution < -0.4 is 14.8 Å². The first-order valence-electron chi connectivity index (χ1n) is 9.64. The van der Waals surface area contributed by atoms with Crippen LogP contribution in [0.15, 0.2) is 59.1 Å². The minimum absolute atomic E-state index is 0.0981. The number of anilines is 1. The average Bonchev–Trinajstić information content (AvgIpc) is 3.16. The van der Waals surface area contributed by atoms with Crippen molar-refractivity contribution in [3.05, 3.63) is 70.2 Å². The minimum atomic E-state index is -0.256. The zero-order valence-electron chi connectivity index (χ0n) is 17.3. The second-order valence-electron chi connectivity index (χ2n) is 7.12. The van der Waals surface area contributed by atoms with E-state index in [1.165, 1.54) is 0 Å². The van der Waals surface area contributed by atoms with Gasteiger partial charge in [0, 0.05) is 5.69 Å². The molecule has 4 rings (SSSR count). The molecule has 1 aromatic heterocycles. The van der Waals surface area contributed by atoms with Crippen LogP contribution in [-0.4, -0.2) is 34.6 Å². The molecule has 0 aliphatic carbocycles. The molecule has 8 heteroatoms. The third kappa shape index (κ3) is 4.69. The summed E-state index contributed by atoms with van der Waals surface area (Å²) in [6.07, 6.45) is 0. The van der Waals surface area contributed by atoms with Crippen LogP contribution in [0.25, 0.3) is 16.7 Å². The van der Waals surface area contributed by atoms with Crippen molar-refractivity contribution in [2.24, 2.45) is 0 Å². The number of aromatic nitrogens is 3. The smallest absolute Gasteiger partial charge is 0.262 e. The summed E-state index contributed by atoms with van der Waals surface area (Å²) in [5, 5.41) is 11.8. The lowest BCUT2D eigenvalue weighted by Crippen LogP contribution is -2.20. The molecule has 158 valence electrons. The summed E-state index contributed by atoms with van der Waals surface area (Å²) in [6.45, 7) is 3.86. The molecule has 0 bridgehead atoms. The number of carbonyl (C=O) groups is 1. The van der Waals surface area contributed by atoms with Gasteiger partial charge in [0.05, 0.1) is 17.3 Å². The van der Waals surface area contributed by atoms with Gasteiger partial charge < -0.3 is 14.8 Å². The number of rotatable bonds is 6. The van der Waals surface area contributed by atoms with Crippen molar-refractivity contribution in [1.29, 1.82) is 0 Å². The lowest BCUT2D eigenvalue weighted by Gasteiger charge is -2.12. The van der Waals surface area contributed by atoms with E-state index in [0.717, 1.165) is 32.6 Å². The van der Waals surface area contributed by atoms with Crippen LogP contribution in [0, 0.1) is 13.8 Å². The predicted molar refractivity (Wildman–Crippen MR) is 123 cm³/mol. The highest BCUT2D eigenvalue weighted by Crippen LogP contribution is 2.30. The number of aryl methyl sites for hydroxylation is 2. The fourth-order valence-corrected chi connectivity index (χ4v) is 4.03. The summed E-state index contributed by atoms with van der Waals surface area (Å²) >= 11 is 3.49. The van der Waals surface area contributed by atoms with E-state index in [-0.39, 0.29) is 12.5 Å². The Bertz CT molecular complexity index is 1230. The quantitative estimate of drug-likeness (QED) is 0.427. The topological polar surface area (TPSA) is 78.3 Å². The normalized spacial score (nSPS) is 10.8.